The van der Waals surface area contributed by atoms with E-state index in [9.17, 15) is 5.11 Å². The van der Waals surface area contributed by atoms with E-state index >= 15 is 0 Å². The normalized spacial score (nSPS) is 22.9. The van der Waals surface area contributed by atoms with Crippen LogP contribution in [0.4, 0.5) is 0 Å². The van der Waals surface area contributed by atoms with Crippen LogP contribution in [0.5, 0.6) is 5.75 Å². The van der Waals surface area contributed by atoms with Gasteiger partial charge in [-0.05, 0) is 70.4 Å². The minimum atomic E-state index is 0.355. The summed E-state index contributed by atoms with van der Waals surface area (Å²) in [4.78, 5) is 5.19. The van der Waals surface area contributed by atoms with E-state index in [0.29, 0.717) is 17.8 Å². The lowest BCUT2D eigenvalue weighted by Gasteiger charge is -2.35. The average molecular weight is 290 g/mol. The highest BCUT2D eigenvalue weighted by Gasteiger charge is 2.25. The number of benzene rings is 1. The van der Waals surface area contributed by atoms with Crippen LogP contribution in [0, 0.1) is 0 Å². The number of rotatable bonds is 5. The van der Waals surface area contributed by atoms with E-state index in [2.05, 4.69) is 30.7 Å². The fraction of sp³-hybridized carbons (Fsp3) is 0.667. The largest absolute Gasteiger partial charge is 0.508 e. The maximum atomic E-state index is 9.35. The van der Waals surface area contributed by atoms with Crippen molar-refractivity contribution in [1.82, 2.24) is 9.80 Å². The first-order valence-corrected chi connectivity index (χ1v) is 8.32. The Morgan fingerprint density at radius 3 is 2.62 bits per heavy atom. The summed E-state index contributed by atoms with van der Waals surface area (Å²) >= 11 is 0. The highest BCUT2D eigenvalue weighted by molar-refractivity contribution is 5.25. The molecular weight excluding hydrogens is 260 g/mol. The Morgan fingerprint density at radius 2 is 1.95 bits per heavy atom. The molecule has 0 aromatic heterocycles. The van der Waals surface area contributed by atoms with Gasteiger partial charge in [-0.25, -0.2) is 0 Å². The number of phenols is 1. The first-order valence-electron chi connectivity index (χ1n) is 8.32. The van der Waals surface area contributed by atoms with Gasteiger partial charge in [-0.15, -0.1) is 0 Å². The highest BCUT2D eigenvalue weighted by atomic mass is 16.3. The molecule has 3 heteroatoms. The predicted octanol–water partition coefficient (Wildman–Crippen LogP) is 3.13. The molecule has 0 spiro atoms. The zero-order chi connectivity index (χ0) is 15.2. The van der Waals surface area contributed by atoms with E-state index in [1.54, 1.807) is 12.1 Å². The van der Waals surface area contributed by atoms with Gasteiger partial charge in [0.1, 0.15) is 5.75 Å². The zero-order valence-corrected chi connectivity index (χ0v) is 13.8. The molecule has 0 amide bonds. The number of aryl methyl sites for hydroxylation is 1. The zero-order valence-electron chi connectivity index (χ0n) is 13.8. The highest BCUT2D eigenvalue weighted by Crippen LogP contribution is 2.19. The quantitative estimate of drug-likeness (QED) is 0.902. The summed E-state index contributed by atoms with van der Waals surface area (Å²) in [6.45, 7) is 8.31. The molecule has 1 aromatic carbocycles. The molecule has 1 aliphatic rings. The molecule has 0 bridgehead atoms. The van der Waals surface area contributed by atoms with Crippen LogP contribution in [0.25, 0.3) is 0 Å². The van der Waals surface area contributed by atoms with Gasteiger partial charge in [-0.1, -0.05) is 19.1 Å². The average Bonchev–Trinajstić information content (AvgIpc) is 2.67. The minimum absolute atomic E-state index is 0.355. The van der Waals surface area contributed by atoms with Crippen LogP contribution in [-0.4, -0.2) is 53.7 Å². The molecule has 118 valence electrons. The monoisotopic (exact) mass is 290 g/mol. The molecule has 2 rings (SSSR count). The van der Waals surface area contributed by atoms with Gasteiger partial charge in [0.2, 0.25) is 0 Å². The van der Waals surface area contributed by atoms with E-state index in [1.165, 1.54) is 44.5 Å². The Morgan fingerprint density at radius 1 is 1.24 bits per heavy atom. The summed E-state index contributed by atoms with van der Waals surface area (Å²) in [5.41, 5.74) is 1.32. The van der Waals surface area contributed by atoms with E-state index < -0.39 is 0 Å². The summed E-state index contributed by atoms with van der Waals surface area (Å²) in [5.74, 6) is 0.355. The summed E-state index contributed by atoms with van der Waals surface area (Å²) in [6.07, 6.45) is 4.78. The number of nitrogens with zero attached hydrogens (tertiary/aromatic N) is 2. The summed E-state index contributed by atoms with van der Waals surface area (Å²) in [5, 5.41) is 9.35. The maximum Gasteiger partial charge on any atom is 0.115 e. The molecule has 1 aliphatic heterocycles. The summed E-state index contributed by atoms with van der Waals surface area (Å²) in [6, 6.07) is 8.96. The van der Waals surface area contributed by atoms with Crippen molar-refractivity contribution in [2.45, 2.75) is 51.6 Å². The molecule has 0 radical (unpaired) electrons. The van der Waals surface area contributed by atoms with Gasteiger partial charge < -0.3 is 10.0 Å². The lowest BCUT2D eigenvalue weighted by molar-refractivity contribution is 0.131. The van der Waals surface area contributed by atoms with Gasteiger partial charge in [0.05, 0.1) is 0 Å². The molecule has 2 unspecified atom stereocenters. The van der Waals surface area contributed by atoms with Crippen molar-refractivity contribution in [3.05, 3.63) is 29.8 Å². The van der Waals surface area contributed by atoms with Crippen molar-refractivity contribution in [3.63, 3.8) is 0 Å². The van der Waals surface area contributed by atoms with Crippen LogP contribution in [0.15, 0.2) is 24.3 Å². The molecule has 21 heavy (non-hydrogen) atoms. The molecule has 2 atom stereocenters. The van der Waals surface area contributed by atoms with Crippen molar-refractivity contribution in [3.8, 4) is 5.75 Å². The first-order chi connectivity index (χ1) is 10.1. The molecule has 1 heterocycles. The summed E-state index contributed by atoms with van der Waals surface area (Å²) in [7, 11) is 2.24. The van der Waals surface area contributed by atoms with Gasteiger partial charge in [0.25, 0.3) is 0 Å². The fourth-order valence-corrected chi connectivity index (χ4v) is 3.41. The second-order valence-electron chi connectivity index (χ2n) is 6.47. The standard InChI is InChI=1S/C18H30N2O/c1-4-17-14-19(3)12-5-13-20(17)15(2)6-7-16-8-10-18(21)11-9-16/h8-11,15,17,21H,4-7,12-14H2,1-3H3. The second kappa shape index (κ2) is 7.81. The second-order valence-corrected chi connectivity index (χ2v) is 6.47. The Labute approximate surface area is 129 Å². The first kappa shape index (κ1) is 16.3. The topological polar surface area (TPSA) is 26.7 Å². The van der Waals surface area contributed by atoms with E-state index in [-0.39, 0.29) is 0 Å². The lowest BCUT2D eigenvalue weighted by atomic mass is 10.0. The van der Waals surface area contributed by atoms with Gasteiger partial charge >= 0.3 is 0 Å². The van der Waals surface area contributed by atoms with Crippen LogP contribution < -0.4 is 0 Å². The Balaban J connectivity index is 1.91. The van der Waals surface area contributed by atoms with Crippen LogP contribution >= 0.6 is 0 Å². The van der Waals surface area contributed by atoms with Crippen LogP contribution in [0.1, 0.15) is 38.7 Å². The van der Waals surface area contributed by atoms with E-state index in [4.69, 9.17) is 0 Å². The van der Waals surface area contributed by atoms with Gasteiger partial charge in [0.15, 0.2) is 0 Å². The SMILES string of the molecule is CCC1CN(C)CCCN1C(C)CCc1ccc(O)cc1. The maximum absolute atomic E-state index is 9.35. The third-order valence-corrected chi connectivity index (χ3v) is 4.77. The van der Waals surface area contributed by atoms with Crippen molar-refractivity contribution < 1.29 is 5.11 Å². The van der Waals surface area contributed by atoms with E-state index in [0.717, 1.165) is 6.42 Å². The fourth-order valence-electron chi connectivity index (χ4n) is 3.41. The molecule has 1 aromatic rings. The molecule has 0 aliphatic carbocycles. The number of phenolic OH excluding ortho intramolecular Hbond substituents is 1. The molecule has 1 fully saturated rings. The number of likely N-dealkylation sites (N-methyl/N-ethyl adjacent to an activating group) is 1. The number of hydrogen-bond donors (Lipinski definition) is 1. The van der Waals surface area contributed by atoms with Gasteiger partial charge in [0, 0.05) is 18.6 Å². The minimum Gasteiger partial charge on any atom is -0.508 e. The predicted molar refractivity (Wildman–Crippen MR) is 88.8 cm³/mol. The van der Waals surface area contributed by atoms with Crippen molar-refractivity contribution in [1.29, 1.82) is 0 Å². The Hall–Kier alpha value is -1.06. The van der Waals surface area contributed by atoms with Crippen LogP contribution in [0.3, 0.4) is 0 Å². The number of aromatic hydroxyl groups is 1. The van der Waals surface area contributed by atoms with Crippen molar-refractivity contribution >= 4 is 0 Å². The van der Waals surface area contributed by atoms with Crippen LogP contribution in [0.2, 0.25) is 0 Å². The van der Waals surface area contributed by atoms with Crippen molar-refractivity contribution in [2.75, 3.05) is 26.7 Å². The molecule has 0 saturated carbocycles. The van der Waals surface area contributed by atoms with Gasteiger partial charge in [-0.2, -0.15) is 0 Å². The van der Waals surface area contributed by atoms with Crippen LogP contribution in [-0.2, 0) is 6.42 Å². The third kappa shape index (κ3) is 4.72. The smallest absolute Gasteiger partial charge is 0.115 e. The molecule has 1 N–H and O–H groups in total. The Kier molecular flexibility index (Phi) is 6.07. The number of hydrogen-bond acceptors (Lipinski definition) is 3. The summed E-state index contributed by atoms with van der Waals surface area (Å²) < 4.78 is 0. The Bertz CT molecular complexity index is 418. The lowest BCUT2D eigenvalue weighted by Crippen LogP contribution is -2.44. The molecule has 1 saturated heterocycles. The molecular formula is C18H30N2O. The molecule has 3 nitrogen and oxygen atoms in total. The third-order valence-electron chi connectivity index (χ3n) is 4.77. The van der Waals surface area contributed by atoms with Gasteiger partial charge in [-0.3, -0.25) is 4.90 Å². The van der Waals surface area contributed by atoms with Crippen molar-refractivity contribution in [2.24, 2.45) is 0 Å². The van der Waals surface area contributed by atoms with E-state index in [1.807, 2.05) is 12.1 Å².